The minimum atomic E-state index is -0.702. The molecule has 136 valence electrons. The van der Waals surface area contributed by atoms with Crippen molar-refractivity contribution in [3.05, 3.63) is 65.7 Å². The first-order valence-corrected chi connectivity index (χ1v) is 8.09. The molecule has 0 aromatic heterocycles. The molecule has 0 bridgehead atoms. The van der Waals surface area contributed by atoms with Crippen LogP contribution in [0.4, 0.5) is 0 Å². The summed E-state index contributed by atoms with van der Waals surface area (Å²) in [6.07, 6.45) is 0. The zero-order valence-corrected chi connectivity index (χ0v) is 14.4. The van der Waals surface area contributed by atoms with Crippen molar-refractivity contribution in [3.8, 4) is 5.75 Å². The summed E-state index contributed by atoms with van der Waals surface area (Å²) in [6, 6.07) is 15.0. The number of hydrogen-bond donors (Lipinski definition) is 3. The number of nitrogens with two attached hydrogens (primary N) is 1. The SMILES string of the molecule is CC(NC(=O)COc1cccc(C(N)=O)c1)C(=O)NCc1ccccc1. The Morgan fingerprint density at radius 2 is 1.81 bits per heavy atom. The maximum absolute atomic E-state index is 12.0. The van der Waals surface area contributed by atoms with Crippen molar-refractivity contribution >= 4 is 17.7 Å². The largest absolute Gasteiger partial charge is 0.484 e. The monoisotopic (exact) mass is 355 g/mol. The molecule has 4 N–H and O–H groups in total. The van der Waals surface area contributed by atoms with Crippen LogP contribution in [0.25, 0.3) is 0 Å². The Morgan fingerprint density at radius 1 is 1.08 bits per heavy atom. The quantitative estimate of drug-likeness (QED) is 0.655. The molecule has 0 aliphatic rings. The minimum Gasteiger partial charge on any atom is -0.484 e. The highest BCUT2D eigenvalue weighted by atomic mass is 16.5. The van der Waals surface area contributed by atoms with Crippen LogP contribution >= 0.6 is 0 Å². The van der Waals surface area contributed by atoms with Gasteiger partial charge in [0.1, 0.15) is 11.8 Å². The first kappa shape index (κ1) is 19.0. The molecule has 0 aliphatic carbocycles. The molecule has 1 unspecified atom stereocenters. The molecule has 2 rings (SSSR count). The summed E-state index contributed by atoms with van der Waals surface area (Å²) in [7, 11) is 0. The van der Waals surface area contributed by atoms with Gasteiger partial charge in [-0.05, 0) is 30.7 Å². The second-order valence-corrected chi connectivity index (χ2v) is 5.67. The Morgan fingerprint density at radius 3 is 2.50 bits per heavy atom. The standard InChI is InChI=1S/C19H21N3O4/c1-13(19(25)21-11-14-6-3-2-4-7-14)22-17(23)12-26-16-9-5-8-15(10-16)18(20)24/h2-10,13H,11-12H2,1H3,(H2,20,24)(H,21,25)(H,22,23). The molecule has 7 nitrogen and oxygen atoms in total. The number of ether oxygens (including phenoxy) is 1. The summed E-state index contributed by atoms with van der Waals surface area (Å²) in [5.74, 6) is -0.976. The van der Waals surface area contributed by atoms with Crippen molar-refractivity contribution in [3.63, 3.8) is 0 Å². The van der Waals surface area contributed by atoms with Crippen molar-refractivity contribution in [1.82, 2.24) is 10.6 Å². The molecule has 0 spiro atoms. The van der Waals surface area contributed by atoms with Crippen molar-refractivity contribution in [2.24, 2.45) is 5.73 Å². The molecule has 26 heavy (non-hydrogen) atoms. The maximum Gasteiger partial charge on any atom is 0.258 e. The van der Waals surface area contributed by atoms with E-state index in [1.54, 1.807) is 25.1 Å². The molecular weight excluding hydrogens is 334 g/mol. The predicted molar refractivity (Wildman–Crippen MR) is 96.3 cm³/mol. The lowest BCUT2D eigenvalue weighted by Crippen LogP contribution is -2.46. The molecule has 0 radical (unpaired) electrons. The van der Waals surface area contributed by atoms with Crippen LogP contribution in [-0.4, -0.2) is 30.4 Å². The molecule has 0 saturated carbocycles. The average Bonchev–Trinajstić information content (AvgIpc) is 2.65. The highest BCUT2D eigenvalue weighted by Crippen LogP contribution is 2.12. The Hall–Kier alpha value is -3.35. The summed E-state index contributed by atoms with van der Waals surface area (Å²) >= 11 is 0. The summed E-state index contributed by atoms with van der Waals surface area (Å²) in [5.41, 5.74) is 6.45. The van der Waals surface area contributed by atoms with Gasteiger partial charge in [-0.25, -0.2) is 0 Å². The first-order valence-electron chi connectivity index (χ1n) is 8.09. The molecule has 0 aliphatic heterocycles. The number of carbonyl (C=O) groups excluding carboxylic acids is 3. The van der Waals surface area contributed by atoms with E-state index in [0.29, 0.717) is 12.3 Å². The fourth-order valence-corrected chi connectivity index (χ4v) is 2.17. The van der Waals surface area contributed by atoms with Gasteiger partial charge in [-0.1, -0.05) is 36.4 Å². The van der Waals surface area contributed by atoms with Crippen LogP contribution in [0.1, 0.15) is 22.8 Å². The molecule has 0 heterocycles. The van der Waals surface area contributed by atoms with Gasteiger partial charge in [-0.3, -0.25) is 14.4 Å². The van der Waals surface area contributed by atoms with Crippen LogP contribution in [0.15, 0.2) is 54.6 Å². The van der Waals surface area contributed by atoms with Gasteiger partial charge in [0.25, 0.3) is 5.91 Å². The maximum atomic E-state index is 12.0. The third-order valence-corrected chi connectivity index (χ3v) is 3.57. The van der Waals surface area contributed by atoms with Crippen molar-refractivity contribution < 1.29 is 19.1 Å². The number of nitrogens with one attached hydrogen (secondary N) is 2. The van der Waals surface area contributed by atoms with Crippen LogP contribution < -0.4 is 21.1 Å². The number of hydrogen-bond acceptors (Lipinski definition) is 4. The lowest BCUT2D eigenvalue weighted by molar-refractivity contribution is -0.129. The van der Waals surface area contributed by atoms with Crippen LogP contribution in [0.2, 0.25) is 0 Å². The third-order valence-electron chi connectivity index (χ3n) is 3.57. The second kappa shape index (κ2) is 9.22. The van der Waals surface area contributed by atoms with Crippen LogP contribution in [0.3, 0.4) is 0 Å². The van der Waals surface area contributed by atoms with E-state index >= 15 is 0 Å². The van der Waals surface area contributed by atoms with Crippen molar-refractivity contribution in [1.29, 1.82) is 0 Å². The van der Waals surface area contributed by atoms with Gasteiger partial charge in [-0.15, -0.1) is 0 Å². The molecular formula is C19H21N3O4. The highest BCUT2D eigenvalue weighted by molar-refractivity contribution is 5.93. The molecule has 0 saturated heterocycles. The normalized spacial score (nSPS) is 11.3. The van der Waals surface area contributed by atoms with Gasteiger partial charge in [0.2, 0.25) is 11.8 Å². The topological polar surface area (TPSA) is 111 Å². The Balaban J connectivity index is 1.76. The van der Waals surface area contributed by atoms with E-state index in [1.165, 1.54) is 6.07 Å². The Kier molecular flexibility index (Phi) is 6.73. The van der Waals surface area contributed by atoms with E-state index in [-0.39, 0.29) is 18.1 Å². The summed E-state index contributed by atoms with van der Waals surface area (Å²) in [6.45, 7) is 1.70. The van der Waals surface area contributed by atoms with Crippen molar-refractivity contribution in [2.45, 2.75) is 19.5 Å². The lowest BCUT2D eigenvalue weighted by atomic mass is 10.2. The summed E-state index contributed by atoms with van der Waals surface area (Å²) in [5, 5.41) is 5.31. The van der Waals surface area contributed by atoms with E-state index in [4.69, 9.17) is 10.5 Å². The van der Waals surface area contributed by atoms with E-state index < -0.39 is 17.9 Å². The Labute approximate surface area is 151 Å². The first-order chi connectivity index (χ1) is 12.5. The number of rotatable bonds is 8. The molecule has 1 atom stereocenters. The van der Waals surface area contributed by atoms with Gasteiger partial charge in [0, 0.05) is 12.1 Å². The number of benzene rings is 2. The molecule has 2 aromatic rings. The van der Waals surface area contributed by atoms with Gasteiger partial charge in [0.05, 0.1) is 0 Å². The van der Waals surface area contributed by atoms with Crippen LogP contribution in [-0.2, 0) is 16.1 Å². The summed E-state index contributed by atoms with van der Waals surface area (Å²) < 4.78 is 5.32. The second-order valence-electron chi connectivity index (χ2n) is 5.67. The van der Waals surface area contributed by atoms with Gasteiger partial charge >= 0.3 is 0 Å². The van der Waals surface area contributed by atoms with Crippen molar-refractivity contribution in [2.75, 3.05) is 6.61 Å². The fraction of sp³-hybridized carbons (Fsp3) is 0.211. The number of primary amides is 1. The van der Waals surface area contributed by atoms with E-state index in [1.807, 2.05) is 30.3 Å². The smallest absolute Gasteiger partial charge is 0.258 e. The molecule has 3 amide bonds. The summed E-state index contributed by atoms with van der Waals surface area (Å²) in [4.78, 5) is 35.1. The highest BCUT2D eigenvalue weighted by Gasteiger charge is 2.15. The fourth-order valence-electron chi connectivity index (χ4n) is 2.17. The molecule has 2 aromatic carbocycles. The average molecular weight is 355 g/mol. The van der Waals surface area contributed by atoms with Gasteiger partial charge in [-0.2, -0.15) is 0 Å². The third kappa shape index (κ3) is 5.94. The van der Waals surface area contributed by atoms with E-state index in [9.17, 15) is 14.4 Å². The predicted octanol–water partition coefficient (Wildman–Crippen LogP) is 0.985. The number of carbonyl (C=O) groups is 3. The number of amides is 3. The zero-order chi connectivity index (χ0) is 18.9. The zero-order valence-electron chi connectivity index (χ0n) is 14.4. The lowest BCUT2D eigenvalue weighted by Gasteiger charge is -2.14. The van der Waals surface area contributed by atoms with E-state index in [2.05, 4.69) is 10.6 Å². The van der Waals surface area contributed by atoms with Crippen LogP contribution in [0, 0.1) is 0 Å². The van der Waals surface area contributed by atoms with E-state index in [0.717, 1.165) is 5.56 Å². The van der Waals surface area contributed by atoms with Crippen LogP contribution in [0.5, 0.6) is 5.75 Å². The minimum absolute atomic E-state index is 0.279. The molecule has 7 heteroatoms. The molecule has 0 fully saturated rings. The van der Waals surface area contributed by atoms with Gasteiger partial charge < -0.3 is 21.1 Å². The van der Waals surface area contributed by atoms with Gasteiger partial charge in [0.15, 0.2) is 6.61 Å². The Bertz CT molecular complexity index is 777.